The fourth-order valence-corrected chi connectivity index (χ4v) is 2.86. The minimum Gasteiger partial charge on any atom is -0.504 e. The van der Waals surface area contributed by atoms with E-state index < -0.39 is 11.4 Å². The fourth-order valence-electron chi connectivity index (χ4n) is 2.12. The lowest BCUT2D eigenvalue weighted by Crippen LogP contribution is -2.26. The van der Waals surface area contributed by atoms with Gasteiger partial charge in [-0.2, -0.15) is 0 Å². The van der Waals surface area contributed by atoms with E-state index in [1.807, 2.05) is 12.1 Å². The molecular weight excluding hydrogens is 411 g/mol. The summed E-state index contributed by atoms with van der Waals surface area (Å²) in [7, 11) is 2.86. The Bertz CT molecular complexity index is 762. The summed E-state index contributed by atoms with van der Waals surface area (Å²) in [5.41, 5.74) is -0.678. The van der Waals surface area contributed by atoms with Crippen LogP contribution in [-0.2, 0) is 4.79 Å². The van der Waals surface area contributed by atoms with Crippen LogP contribution < -0.4 is 14.2 Å². The van der Waals surface area contributed by atoms with Crippen LogP contribution in [0.5, 0.6) is 23.0 Å². The maximum atomic E-state index is 12.4. The average molecular weight is 430 g/mol. The third-order valence-corrected chi connectivity index (χ3v) is 4.24. The van der Waals surface area contributed by atoms with Crippen LogP contribution in [0, 0.1) is 8.99 Å². The van der Waals surface area contributed by atoms with Crippen molar-refractivity contribution in [3.8, 4) is 23.0 Å². The maximum Gasteiger partial charge on any atom is 0.316 e. The molecule has 0 amide bonds. The van der Waals surface area contributed by atoms with Crippen LogP contribution in [-0.4, -0.2) is 25.3 Å². The number of methoxy groups -OCH3 is 2. The fraction of sp³-hybridized carbons (Fsp3) is 0.353. The van der Waals surface area contributed by atoms with Gasteiger partial charge in [0.2, 0.25) is 11.5 Å². The summed E-state index contributed by atoms with van der Waals surface area (Å²) in [4.78, 5) is 12.4. The van der Waals surface area contributed by atoms with Crippen molar-refractivity contribution >= 4 is 39.3 Å². The number of phenols is 1. The lowest BCUT2D eigenvalue weighted by molar-refractivity contribution is -0.143. The number of rotatable bonds is 3. The number of phenolic OH excluding ortho intramolecular Hbond substituents is 1. The van der Waals surface area contributed by atoms with Crippen molar-refractivity contribution in [3.63, 3.8) is 0 Å². The molecule has 124 valence electrons. The van der Waals surface area contributed by atoms with Crippen LogP contribution in [0.2, 0.25) is 0 Å². The highest BCUT2D eigenvalue weighted by Crippen LogP contribution is 2.51. The molecule has 6 heteroatoms. The first-order valence-electron chi connectivity index (χ1n) is 6.99. The number of hydrogen-bond donors (Lipinski definition) is 1. The molecule has 0 heterocycles. The number of carbonyl (C=O) groups is 1. The van der Waals surface area contributed by atoms with Gasteiger partial charge in [0.05, 0.1) is 19.6 Å². The van der Waals surface area contributed by atoms with Crippen LogP contribution in [0.3, 0.4) is 0 Å². The Morgan fingerprint density at radius 2 is 1.70 bits per heavy atom. The van der Waals surface area contributed by atoms with Crippen molar-refractivity contribution in [3.05, 3.63) is 21.8 Å². The summed E-state index contributed by atoms with van der Waals surface area (Å²) in [6.07, 6.45) is 0. The summed E-state index contributed by atoms with van der Waals surface area (Å²) in [5.74, 6) is 0.137. The molecule has 0 radical (unpaired) electrons. The van der Waals surface area contributed by atoms with Crippen molar-refractivity contribution in [1.29, 1.82) is 0 Å². The van der Waals surface area contributed by atoms with Crippen molar-refractivity contribution < 1.29 is 24.1 Å². The zero-order valence-corrected chi connectivity index (χ0v) is 15.8. The third kappa shape index (κ3) is 3.17. The Kier molecular flexibility index (Phi) is 4.93. The lowest BCUT2D eigenvalue weighted by atomic mass is 9.97. The van der Waals surface area contributed by atoms with E-state index >= 15 is 0 Å². The van der Waals surface area contributed by atoms with E-state index in [0.717, 1.165) is 3.57 Å². The molecule has 0 aliphatic rings. The molecular formula is C17H19IO5. The van der Waals surface area contributed by atoms with Gasteiger partial charge in [-0.1, -0.05) is 12.1 Å². The molecule has 1 N–H and O–H groups in total. The predicted molar refractivity (Wildman–Crippen MR) is 96.5 cm³/mol. The molecule has 5 nitrogen and oxygen atoms in total. The highest BCUT2D eigenvalue weighted by atomic mass is 127. The van der Waals surface area contributed by atoms with Gasteiger partial charge in [0, 0.05) is 14.3 Å². The second-order valence-corrected chi connectivity index (χ2v) is 7.21. The van der Waals surface area contributed by atoms with Gasteiger partial charge in [0.25, 0.3) is 0 Å². The number of ether oxygens (including phenoxy) is 3. The van der Waals surface area contributed by atoms with Crippen LogP contribution in [0.15, 0.2) is 18.2 Å². The van der Waals surface area contributed by atoms with Crippen LogP contribution in [0.1, 0.15) is 20.8 Å². The van der Waals surface area contributed by atoms with Crippen molar-refractivity contribution in [2.24, 2.45) is 5.41 Å². The van der Waals surface area contributed by atoms with Crippen molar-refractivity contribution in [1.82, 2.24) is 0 Å². The summed E-state index contributed by atoms with van der Waals surface area (Å²) in [6.45, 7) is 5.31. The summed E-state index contributed by atoms with van der Waals surface area (Å²) < 4.78 is 17.1. The lowest BCUT2D eigenvalue weighted by Gasteiger charge is -2.21. The quantitative estimate of drug-likeness (QED) is 0.451. The molecule has 0 aliphatic heterocycles. The molecule has 0 saturated heterocycles. The number of fused-ring (bicyclic) bond motifs is 1. The van der Waals surface area contributed by atoms with E-state index in [1.165, 1.54) is 14.2 Å². The largest absolute Gasteiger partial charge is 0.504 e. The molecule has 0 unspecified atom stereocenters. The number of hydrogen-bond acceptors (Lipinski definition) is 5. The average Bonchev–Trinajstić information content (AvgIpc) is 2.48. The van der Waals surface area contributed by atoms with Crippen LogP contribution in [0.25, 0.3) is 10.8 Å². The number of aromatic hydroxyl groups is 1. The van der Waals surface area contributed by atoms with Gasteiger partial charge in [-0.15, -0.1) is 0 Å². The number of halogens is 1. The first-order chi connectivity index (χ1) is 10.7. The Balaban J connectivity index is 2.84. The van der Waals surface area contributed by atoms with Crippen molar-refractivity contribution in [2.45, 2.75) is 20.8 Å². The van der Waals surface area contributed by atoms with Gasteiger partial charge in [-0.3, -0.25) is 4.79 Å². The maximum absolute atomic E-state index is 12.4. The number of esters is 1. The van der Waals surface area contributed by atoms with Gasteiger partial charge in [-0.05, 0) is 49.4 Å². The highest BCUT2D eigenvalue weighted by molar-refractivity contribution is 14.1. The topological polar surface area (TPSA) is 65.0 Å². The van der Waals surface area contributed by atoms with E-state index in [4.69, 9.17) is 14.2 Å². The predicted octanol–water partition coefficient (Wildman–Crippen LogP) is 4.12. The van der Waals surface area contributed by atoms with E-state index in [1.54, 1.807) is 26.8 Å². The molecule has 2 rings (SSSR count). The Morgan fingerprint density at radius 3 is 2.22 bits per heavy atom. The smallest absolute Gasteiger partial charge is 0.316 e. The molecule has 0 fully saturated rings. The van der Waals surface area contributed by atoms with Crippen LogP contribution in [0.4, 0.5) is 0 Å². The zero-order chi connectivity index (χ0) is 17.4. The molecule has 0 saturated carbocycles. The molecule has 0 atom stereocenters. The summed E-state index contributed by atoms with van der Waals surface area (Å²) in [6, 6.07) is 5.41. The van der Waals surface area contributed by atoms with E-state index in [2.05, 4.69) is 22.6 Å². The van der Waals surface area contributed by atoms with Gasteiger partial charge < -0.3 is 19.3 Å². The molecule has 2 aromatic rings. The molecule has 0 aliphatic carbocycles. The molecule has 0 spiro atoms. The minimum atomic E-state index is -0.678. The zero-order valence-electron chi connectivity index (χ0n) is 13.7. The highest BCUT2D eigenvalue weighted by Gasteiger charge is 2.29. The minimum absolute atomic E-state index is 0.0478. The van der Waals surface area contributed by atoms with Gasteiger partial charge >= 0.3 is 5.97 Å². The van der Waals surface area contributed by atoms with Gasteiger partial charge in [-0.25, -0.2) is 0 Å². The number of carbonyl (C=O) groups excluding carboxylic acids is 1. The van der Waals surface area contributed by atoms with E-state index in [-0.39, 0.29) is 23.0 Å². The first kappa shape index (κ1) is 17.7. The summed E-state index contributed by atoms with van der Waals surface area (Å²) >= 11 is 2.13. The normalized spacial score (nSPS) is 11.4. The summed E-state index contributed by atoms with van der Waals surface area (Å²) in [5, 5.41) is 11.6. The first-order valence-corrected chi connectivity index (χ1v) is 8.07. The number of benzene rings is 2. The monoisotopic (exact) mass is 430 g/mol. The Morgan fingerprint density at radius 1 is 1.09 bits per heavy atom. The standard InChI is InChI=1S/C17H19IO5/c1-17(2,3)16(20)23-13-11-9(7-6-8-10(11)18)12(19)14(21-4)15(13)22-5/h6-8,19H,1-5H3. The Labute approximate surface area is 148 Å². The Hall–Kier alpha value is -1.70. The van der Waals surface area contributed by atoms with Crippen LogP contribution >= 0.6 is 22.6 Å². The second kappa shape index (κ2) is 6.43. The second-order valence-electron chi connectivity index (χ2n) is 6.05. The van der Waals surface area contributed by atoms with E-state index in [9.17, 15) is 9.90 Å². The van der Waals surface area contributed by atoms with Crippen molar-refractivity contribution in [2.75, 3.05) is 14.2 Å². The third-order valence-electron chi connectivity index (χ3n) is 3.34. The molecule has 2 aromatic carbocycles. The van der Waals surface area contributed by atoms with E-state index in [0.29, 0.717) is 10.8 Å². The molecule has 0 bridgehead atoms. The SMILES string of the molecule is COc1c(OC)c(OC(=O)C(C)(C)C)c2c(I)cccc2c1O. The van der Waals surface area contributed by atoms with Gasteiger partial charge in [0.15, 0.2) is 11.5 Å². The van der Waals surface area contributed by atoms with Gasteiger partial charge in [0.1, 0.15) is 0 Å². The molecule has 0 aromatic heterocycles. The molecule has 23 heavy (non-hydrogen) atoms.